The third kappa shape index (κ3) is 2.87. The maximum atomic E-state index is 13.8. The van der Waals surface area contributed by atoms with Gasteiger partial charge in [0, 0.05) is 18.2 Å². The van der Waals surface area contributed by atoms with Gasteiger partial charge in [-0.25, -0.2) is 4.39 Å². The van der Waals surface area contributed by atoms with Crippen LogP contribution in [0.2, 0.25) is 0 Å². The Hall–Kier alpha value is -1.88. The van der Waals surface area contributed by atoms with Crippen LogP contribution in [0.1, 0.15) is 17.0 Å². The molecule has 0 radical (unpaired) electrons. The van der Waals surface area contributed by atoms with E-state index in [1.807, 2.05) is 13.0 Å². The Morgan fingerprint density at radius 2 is 2.22 bits per heavy atom. The molecule has 0 unspecified atom stereocenters. The van der Waals surface area contributed by atoms with Crippen LogP contribution in [0, 0.1) is 12.7 Å². The Morgan fingerprint density at radius 3 is 2.89 bits per heavy atom. The monoisotopic (exact) mass is 250 g/mol. The van der Waals surface area contributed by atoms with Crippen molar-refractivity contribution in [1.82, 2.24) is 10.5 Å². The lowest BCUT2D eigenvalue weighted by atomic mass is 10.2. The standard InChI is InChI=1S/C13H15FN2O2/c1-9-6-11(18-16-9)8-15-7-10-4-3-5-12(17-2)13(10)14/h3-6,15H,7-8H2,1-2H3. The largest absolute Gasteiger partial charge is 0.494 e. The minimum atomic E-state index is -0.332. The van der Waals surface area contributed by atoms with E-state index in [2.05, 4.69) is 10.5 Å². The van der Waals surface area contributed by atoms with Crippen LogP contribution in [0.5, 0.6) is 5.75 Å². The first kappa shape index (κ1) is 12.6. The zero-order chi connectivity index (χ0) is 13.0. The molecular formula is C13H15FN2O2. The van der Waals surface area contributed by atoms with Gasteiger partial charge in [0.05, 0.1) is 19.3 Å². The van der Waals surface area contributed by atoms with Crippen molar-refractivity contribution in [3.8, 4) is 5.75 Å². The van der Waals surface area contributed by atoms with Crippen LogP contribution in [-0.4, -0.2) is 12.3 Å². The molecule has 18 heavy (non-hydrogen) atoms. The molecule has 0 aliphatic carbocycles. The molecular weight excluding hydrogens is 235 g/mol. The van der Waals surface area contributed by atoms with Gasteiger partial charge in [-0.2, -0.15) is 0 Å². The molecule has 0 aliphatic heterocycles. The summed E-state index contributed by atoms with van der Waals surface area (Å²) in [7, 11) is 1.45. The Balaban J connectivity index is 1.94. The molecule has 1 aromatic carbocycles. The predicted octanol–water partition coefficient (Wildman–Crippen LogP) is 2.42. The third-order valence-electron chi connectivity index (χ3n) is 2.55. The van der Waals surface area contributed by atoms with Gasteiger partial charge in [0.15, 0.2) is 17.3 Å². The highest BCUT2D eigenvalue weighted by atomic mass is 19.1. The predicted molar refractivity (Wildman–Crippen MR) is 64.7 cm³/mol. The van der Waals surface area contributed by atoms with Gasteiger partial charge >= 0.3 is 0 Å². The molecule has 2 aromatic rings. The van der Waals surface area contributed by atoms with Crippen molar-refractivity contribution in [1.29, 1.82) is 0 Å². The van der Waals surface area contributed by atoms with Crippen LogP contribution in [0.15, 0.2) is 28.8 Å². The van der Waals surface area contributed by atoms with E-state index < -0.39 is 0 Å². The lowest BCUT2D eigenvalue weighted by Gasteiger charge is -2.07. The highest BCUT2D eigenvalue weighted by Crippen LogP contribution is 2.19. The van der Waals surface area contributed by atoms with Crippen LogP contribution in [0.3, 0.4) is 0 Å². The minimum absolute atomic E-state index is 0.254. The van der Waals surface area contributed by atoms with E-state index in [1.54, 1.807) is 18.2 Å². The van der Waals surface area contributed by atoms with E-state index in [0.29, 0.717) is 18.7 Å². The number of rotatable bonds is 5. The molecule has 5 heteroatoms. The van der Waals surface area contributed by atoms with Crippen molar-refractivity contribution in [2.45, 2.75) is 20.0 Å². The molecule has 0 fully saturated rings. The van der Waals surface area contributed by atoms with Gasteiger partial charge in [-0.15, -0.1) is 0 Å². The summed E-state index contributed by atoms with van der Waals surface area (Å²) >= 11 is 0. The molecule has 0 bridgehead atoms. The maximum absolute atomic E-state index is 13.8. The molecule has 0 saturated heterocycles. The first-order chi connectivity index (χ1) is 8.70. The molecule has 0 spiro atoms. The van der Waals surface area contributed by atoms with E-state index in [-0.39, 0.29) is 11.6 Å². The SMILES string of the molecule is COc1cccc(CNCc2cc(C)no2)c1F. The zero-order valence-electron chi connectivity index (χ0n) is 10.4. The second-order valence-corrected chi connectivity index (χ2v) is 3.97. The number of hydrogen-bond donors (Lipinski definition) is 1. The zero-order valence-corrected chi connectivity index (χ0v) is 10.4. The normalized spacial score (nSPS) is 10.6. The van der Waals surface area contributed by atoms with Crippen LogP contribution in [0.25, 0.3) is 0 Å². The summed E-state index contributed by atoms with van der Waals surface area (Å²) in [6, 6.07) is 6.92. The van der Waals surface area contributed by atoms with E-state index in [9.17, 15) is 4.39 Å². The fourth-order valence-corrected chi connectivity index (χ4v) is 1.67. The molecule has 1 N–H and O–H groups in total. The van der Waals surface area contributed by atoms with E-state index in [1.165, 1.54) is 7.11 Å². The third-order valence-corrected chi connectivity index (χ3v) is 2.55. The Labute approximate surface area is 105 Å². The molecule has 4 nitrogen and oxygen atoms in total. The summed E-state index contributed by atoms with van der Waals surface area (Å²) in [5, 5.41) is 6.87. The first-order valence-electron chi connectivity index (χ1n) is 5.65. The lowest BCUT2D eigenvalue weighted by molar-refractivity contribution is 0.367. The van der Waals surface area contributed by atoms with E-state index in [4.69, 9.17) is 9.26 Å². The molecule has 0 atom stereocenters. The van der Waals surface area contributed by atoms with Crippen molar-refractivity contribution in [3.05, 3.63) is 47.1 Å². The number of nitrogens with one attached hydrogen (secondary N) is 1. The summed E-state index contributed by atoms with van der Waals surface area (Å²) in [4.78, 5) is 0. The number of halogens is 1. The van der Waals surface area contributed by atoms with Gasteiger partial charge < -0.3 is 14.6 Å². The van der Waals surface area contributed by atoms with Crippen molar-refractivity contribution in [2.75, 3.05) is 7.11 Å². The minimum Gasteiger partial charge on any atom is -0.494 e. The smallest absolute Gasteiger partial charge is 0.169 e. The highest BCUT2D eigenvalue weighted by molar-refractivity contribution is 5.30. The molecule has 2 rings (SSSR count). The molecule has 96 valence electrons. The fraction of sp³-hybridized carbons (Fsp3) is 0.308. The number of benzene rings is 1. The Kier molecular flexibility index (Phi) is 3.94. The number of methoxy groups -OCH3 is 1. The van der Waals surface area contributed by atoms with Crippen molar-refractivity contribution >= 4 is 0 Å². The number of hydrogen-bond acceptors (Lipinski definition) is 4. The number of aryl methyl sites for hydroxylation is 1. The van der Waals surface area contributed by atoms with Gasteiger partial charge in [-0.3, -0.25) is 0 Å². The van der Waals surface area contributed by atoms with E-state index >= 15 is 0 Å². The molecule has 0 aliphatic rings. The summed E-state index contributed by atoms with van der Waals surface area (Å²) in [6.07, 6.45) is 0. The van der Waals surface area contributed by atoms with Crippen LogP contribution in [0.4, 0.5) is 4.39 Å². The van der Waals surface area contributed by atoms with Gasteiger partial charge in [0.25, 0.3) is 0 Å². The highest BCUT2D eigenvalue weighted by Gasteiger charge is 2.08. The second-order valence-electron chi connectivity index (χ2n) is 3.97. The summed E-state index contributed by atoms with van der Waals surface area (Å²) in [6.45, 7) is 2.77. The van der Waals surface area contributed by atoms with Crippen LogP contribution < -0.4 is 10.1 Å². The van der Waals surface area contributed by atoms with Crippen molar-refractivity contribution in [3.63, 3.8) is 0 Å². The summed E-state index contributed by atoms with van der Waals surface area (Å²) in [5.41, 5.74) is 1.39. The van der Waals surface area contributed by atoms with Crippen molar-refractivity contribution in [2.24, 2.45) is 0 Å². The molecule has 1 heterocycles. The molecule has 0 amide bonds. The quantitative estimate of drug-likeness (QED) is 0.885. The maximum Gasteiger partial charge on any atom is 0.169 e. The number of nitrogens with zero attached hydrogens (tertiary/aromatic N) is 1. The fourth-order valence-electron chi connectivity index (χ4n) is 1.67. The second kappa shape index (κ2) is 5.64. The number of aromatic nitrogens is 1. The summed E-state index contributed by atoms with van der Waals surface area (Å²) in [5.74, 6) is 0.655. The van der Waals surface area contributed by atoms with Crippen LogP contribution in [-0.2, 0) is 13.1 Å². The van der Waals surface area contributed by atoms with Crippen molar-refractivity contribution < 1.29 is 13.7 Å². The summed E-state index contributed by atoms with van der Waals surface area (Å²) < 4.78 is 23.8. The Morgan fingerprint density at radius 1 is 1.39 bits per heavy atom. The Bertz CT molecular complexity index is 525. The number of ether oxygens (including phenoxy) is 1. The van der Waals surface area contributed by atoms with Gasteiger partial charge in [0.1, 0.15) is 0 Å². The molecule has 1 aromatic heterocycles. The van der Waals surface area contributed by atoms with Gasteiger partial charge in [0.2, 0.25) is 0 Å². The average Bonchev–Trinajstić information content (AvgIpc) is 2.77. The van der Waals surface area contributed by atoms with Crippen LogP contribution >= 0.6 is 0 Å². The molecule has 0 saturated carbocycles. The van der Waals surface area contributed by atoms with Gasteiger partial charge in [-0.1, -0.05) is 17.3 Å². The van der Waals surface area contributed by atoms with E-state index in [0.717, 1.165) is 11.5 Å². The lowest BCUT2D eigenvalue weighted by Crippen LogP contribution is -2.13. The van der Waals surface area contributed by atoms with Gasteiger partial charge in [-0.05, 0) is 13.0 Å². The average molecular weight is 250 g/mol. The first-order valence-corrected chi connectivity index (χ1v) is 5.65. The topological polar surface area (TPSA) is 47.3 Å².